The van der Waals surface area contributed by atoms with Gasteiger partial charge in [0.1, 0.15) is 5.15 Å². The van der Waals surface area contributed by atoms with Crippen LogP contribution in [0.5, 0.6) is 0 Å². The lowest BCUT2D eigenvalue weighted by Gasteiger charge is -2.06. The molecular formula is C11H20ClN3O. The van der Waals surface area contributed by atoms with Gasteiger partial charge in [-0.05, 0) is 33.2 Å². The molecule has 1 atom stereocenters. The predicted molar refractivity (Wildman–Crippen MR) is 65.6 cm³/mol. The minimum atomic E-state index is -0.217. The molecule has 0 aliphatic heterocycles. The average Bonchev–Trinajstić information content (AvgIpc) is 2.43. The van der Waals surface area contributed by atoms with Gasteiger partial charge in [0, 0.05) is 19.2 Å². The van der Waals surface area contributed by atoms with Gasteiger partial charge >= 0.3 is 0 Å². The maximum atomic E-state index is 9.10. The Labute approximate surface area is 102 Å². The van der Waals surface area contributed by atoms with Gasteiger partial charge in [0.25, 0.3) is 0 Å². The Morgan fingerprint density at radius 3 is 2.75 bits per heavy atom. The summed E-state index contributed by atoms with van der Waals surface area (Å²) in [5, 5.41) is 17.3. The van der Waals surface area contributed by atoms with E-state index in [1.54, 1.807) is 4.68 Å². The lowest BCUT2D eigenvalue weighted by Crippen LogP contribution is -2.16. The van der Waals surface area contributed by atoms with Crippen molar-refractivity contribution < 1.29 is 5.11 Å². The first-order valence-electron chi connectivity index (χ1n) is 5.59. The van der Waals surface area contributed by atoms with Crippen LogP contribution in [-0.2, 0) is 13.6 Å². The van der Waals surface area contributed by atoms with Crippen molar-refractivity contribution in [3.63, 3.8) is 0 Å². The molecule has 0 aromatic carbocycles. The number of hydrogen-bond acceptors (Lipinski definition) is 3. The third kappa shape index (κ3) is 3.77. The van der Waals surface area contributed by atoms with Crippen molar-refractivity contribution in [3.05, 3.63) is 16.4 Å². The van der Waals surface area contributed by atoms with Crippen molar-refractivity contribution in [2.45, 2.75) is 39.3 Å². The molecule has 92 valence electrons. The van der Waals surface area contributed by atoms with E-state index in [4.69, 9.17) is 16.7 Å². The number of aliphatic hydroxyl groups excluding tert-OH is 1. The van der Waals surface area contributed by atoms with Crippen LogP contribution in [0.15, 0.2) is 0 Å². The minimum absolute atomic E-state index is 0.217. The zero-order valence-electron chi connectivity index (χ0n) is 10.1. The monoisotopic (exact) mass is 245 g/mol. The molecule has 4 nitrogen and oxygen atoms in total. The second kappa shape index (κ2) is 6.23. The molecule has 0 fully saturated rings. The molecule has 5 heteroatoms. The van der Waals surface area contributed by atoms with E-state index in [1.165, 1.54) is 0 Å². The van der Waals surface area contributed by atoms with Crippen molar-refractivity contribution in [2.75, 3.05) is 6.54 Å². The first kappa shape index (κ1) is 13.5. The van der Waals surface area contributed by atoms with E-state index in [1.807, 2.05) is 20.9 Å². The lowest BCUT2D eigenvalue weighted by molar-refractivity contribution is 0.181. The predicted octanol–water partition coefficient (Wildman–Crippen LogP) is 1.63. The van der Waals surface area contributed by atoms with Gasteiger partial charge in [-0.1, -0.05) is 11.6 Å². The molecule has 2 N–H and O–H groups in total. The van der Waals surface area contributed by atoms with Crippen LogP contribution in [0.25, 0.3) is 0 Å². The molecule has 0 saturated heterocycles. The maximum Gasteiger partial charge on any atom is 0.131 e. The summed E-state index contributed by atoms with van der Waals surface area (Å²) in [4.78, 5) is 0. The fourth-order valence-corrected chi connectivity index (χ4v) is 1.85. The number of halogens is 1. The fourth-order valence-electron chi connectivity index (χ4n) is 1.61. The highest BCUT2D eigenvalue weighted by molar-refractivity contribution is 6.30. The van der Waals surface area contributed by atoms with Crippen LogP contribution in [-0.4, -0.2) is 27.5 Å². The van der Waals surface area contributed by atoms with Crippen LogP contribution in [0.3, 0.4) is 0 Å². The molecule has 1 aromatic rings. The smallest absolute Gasteiger partial charge is 0.131 e. The highest BCUT2D eigenvalue weighted by atomic mass is 35.5. The van der Waals surface area contributed by atoms with E-state index in [0.29, 0.717) is 5.15 Å². The number of nitrogens with zero attached hydrogens (tertiary/aromatic N) is 2. The third-order valence-corrected chi connectivity index (χ3v) is 3.02. The summed E-state index contributed by atoms with van der Waals surface area (Å²) in [6, 6.07) is 0. The second-order valence-corrected chi connectivity index (χ2v) is 4.50. The first-order chi connectivity index (χ1) is 7.52. The second-order valence-electron chi connectivity index (χ2n) is 4.15. The summed E-state index contributed by atoms with van der Waals surface area (Å²) in [7, 11) is 1.84. The van der Waals surface area contributed by atoms with E-state index in [-0.39, 0.29) is 6.10 Å². The number of aromatic nitrogens is 2. The van der Waals surface area contributed by atoms with Gasteiger partial charge < -0.3 is 10.4 Å². The van der Waals surface area contributed by atoms with Gasteiger partial charge in [-0.3, -0.25) is 4.68 Å². The zero-order valence-corrected chi connectivity index (χ0v) is 10.9. The van der Waals surface area contributed by atoms with Crippen molar-refractivity contribution in [3.8, 4) is 0 Å². The molecule has 0 spiro atoms. The quantitative estimate of drug-likeness (QED) is 0.749. The molecular weight excluding hydrogens is 226 g/mol. The molecule has 16 heavy (non-hydrogen) atoms. The Balaban J connectivity index is 2.32. The Kier molecular flexibility index (Phi) is 5.25. The van der Waals surface area contributed by atoms with Gasteiger partial charge in [0.05, 0.1) is 11.8 Å². The van der Waals surface area contributed by atoms with E-state index < -0.39 is 0 Å². The van der Waals surface area contributed by atoms with Crippen molar-refractivity contribution in [1.82, 2.24) is 15.1 Å². The average molecular weight is 246 g/mol. The van der Waals surface area contributed by atoms with Crippen molar-refractivity contribution in [1.29, 1.82) is 0 Å². The van der Waals surface area contributed by atoms with E-state index in [0.717, 1.165) is 37.2 Å². The summed E-state index contributed by atoms with van der Waals surface area (Å²) in [5.74, 6) is 0. The van der Waals surface area contributed by atoms with Crippen LogP contribution in [0.1, 0.15) is 31.0 Å². The van der Waals surface area contributed by atoms with Gasteiger partial charge in [-0.25, -0.2) is 0 Å². The molecule has 0 amide bonds. The Morgan fingerprint density at radius 1 is 1.56 bits per heavy atom. The summed E-state index contributed by atoms with van der Waals surface area (Å²) in [6.45, 7) is 5.38. The Bertz CT molecular complexity index is 336. The number of aliphatic hydroxyl groups is 1. The van der Waals surface area contributed by atoms with E-state index >= 15 is 0 Å². The van der Waals surface area contributed by atoms with E-state index in [9.17, 15) is 0 Å². The molecule has 0 aliphatic rings. The minimum Gasteiger partial charge on any atom is -0.393 e. The standard InChI is InChI=1S/C11H20ClN3O/c1-8(16)5-4-6-13-7-10-9(2)14-15(3)11(10)12/h8,13,16H,4-7H2,1-3H3. The number of hydrogen-bond donors (Lipinski definition) is 2. The van der Waals surface area contributed by atoms with Crippen LogP contribution in [0, 0.1) is 6.92 Å². The molecule has 0 radical (unpaired) electrons. The van der Waals surface area contributed by atoms with Crippen LogP contribution >= 0.6 is 11.6 Å². The van der Waals surface area contributed by atoms with Gasteiger partial charge in [0.15, 0.2) is 0 Å². The fraction of sp³-hybridized carbons (Fsp3) is 0.727. The van der Waals surface area contributed by atoms with Crippen molar-refractivity contribution >= 4 is 11.6 Å². The largest absolute Gasteiger partial charge is 0.393 e. The number of rotatable bonds is 6. The van der Waals surface area contributed by atoms with E-state index in [2.05, 4.69) is 10.4 Å². The van der Waals surface area contributed by atoms with Gasteiger partial charge in [-0.15, -0.1) is 0 Å². The number of nitrogens with one attached hydrogen (secondary N) is 1. The molecule has 1 heterocycles. The summed E-state index contributed by atoms with van der Waals surface area (Å²) in [6.07, 6.45) is 1.58. The molecule has 1 aromatic heterocycles. The van der Waals surface area contributed by atoms with Gasteiger partial charge in [0.2, 0.25) is 0 Å². The Morgan fingerprint density at radius 2 is 2.25 bits per heavy atom. The molecule has 0 bridgehead atoms. The van der Waals surface area contributed by atoms with Gasteiger partial charge in [-0.2, -0.15) is 5.10 Å². The zero-order chi connectivity index (χ0) is 12.1. The molecule has 0 saturated carbocycles. The van der Waals surface area contributed by atoms with Crippen LogP contribution < -0.4 is 5.32 Å². The summed E-state index contributed by atoms with van der Waals surface area (Å²) < 4.78 is 1.68. The van der Waals surface area contributed by atoms with Crippen LogP contribution in [0.2, 0.25) is 5.15 Å². The molecule has 1 rings (SSSR count). The molecule has 0 aliphatic carbocycles. The highest BCUT2D eigenvalue weighted by Gasteiger charge is 2.09. The SMILES string of the molecule is Cc1nn(C)c(Cl)c1CNCCCC(C)O. The van der Waals surface area contributed by atoms with Crippen molar-refractivity contribution in [2.24, 2.45) is 7.05 Å². The Hall–Kier alpha value is -0.580. The third-order valence-electron chi connectivity index (χ3n) is 2.55. The van der Waals surface area contributed by atoms with Crippen LogP contribution in [0.4, 0.5) is 0 Å². The lowest BCUT2D eigenvalue weighted by atomic mass is 10.2. The highest BCUT2D eigenvalue weighted by Crippen LogP contribution is 2.17. The molecule has 1 unspecified atom stereocenters. The maximum absolute atomic E-state index is 9.10. The number of aryl methyl sites for hydroxylation is 2. The first-order valence-corrected chi connectivity index (χ1v) is 5.97. The normalized spacial score (nSPS) is 13.1. The summed E-state index contributed by atoms with van der Waals surface area (Å²) in [5.41, 5.74) is 2.02. The summed E-state index contributed by atoms with van der Waals surface area (Å²) >= 11 is 6.10. The topological polar surface area (TPSA) is 50.1 Å².